The van der Waals surface area contributed by atoms with E-state index in [9.17, 15) is 0 Å². The molecule has 0 bridgehead atoms. The van der Waals surface area contributed by atoms with Crippen molar-refractivity contribution < 1.29 is 0 Å². The van der Waals surface area contributed by atoms with Crippen LogP contribution in [0.2, 0.25) is 0 Å². The smallest absolute Gasteiger partial charge is 0.00199 e. The summed E-state index contributed by atoms with van der Waals surface area (Å²) < 4.78 is 0. The minimum atomic E-state index is 1.26. The maximum atomic E-state index is 2.39. The van der Waals surface area contributed by atoms with Gasteiger partial charge in [-0.15, -0.1) is 0 Å². The molecule has 130 valence electrons. The molecule has 6 rings (SSSR count). The van der Waals surface area contributed by atoms with E-state index in [1.165, 1.54) is 54.2 Å². The van der Waals surface area contributed by atoms with Gasteiger partial charge in [-0.05, 0) is 60.3 Å². The fourth-order valence-electron chi connectivity index (χ4n) is 4.62. The van der Waals surface area contributed by atoms with Crippen LogP contribution in [0.3, 0.4) is 0 Å². The molecule has 0 unspecified atom stereocenters. The van der Waals surface area contributed by atoms with Crippen LogP contribution in [0.15, 0.2) is 109 Å². The molecule has 0 heterocycles. The number of hydrogen-bond donors (Lipinski definition) is 0. The lowest BCUT2D eigenvalue weighted by molar-refractivity contribution is 1.67. The van der Waals surface area contributed by atoms with Gasteiger partial charge < -0.3 is 0 Å². The van der Waals surface area contributed by atoms with E-state index in [1.54, 1.807) is 0 Å². The molecule has 0 aliphatic carbocycles. The third-order valence-corrected chi connectivity index (χ3v) is 5.83. The zero-order valence-corrected chi connectivity index (χ0v) is 15.4. The fraction of sp³-hybridized carbons (Fsp3) is 0. The van der Waals surface area contributed by atoms with Crippen LogP contribution in [0.5, 0.6) is 0 Å². The van der Waals surface area contributed by atoms with Gasteiger partial charge >= 0.3 is 0 Å². The average Bonchev–Trinajstić information content (AvgIpc) is 2.79. The highest BCUT2D eigenvalue weighted by Crippen LogP contribution is 2.42. The Balaban J connectivity index is 1.95. The Morgan fingerprint density at radius 1 is 0.321 bits per heavy atom. The Morgan fingerprint density at radius 2 is 0.750 bits per heavy atom. The molecule has 0 aromatic heterocycles. The van der Waals surface area contributed by atoms with Gasteiger partial charge in [0.05, 0.1) is 0 Å². The molecule has 0 aliphatic rings. The molecule has 0 radical (unpaired) electrons. The van der Waals surface area contributed by atoms with Crippen LogP contribution < -0.4 is 0 Å². The molecule has 6 aromatic rings. The van der Waals surface area contributed by atoms with E-state index < -0.39 is 0 Å². The zero-order valence-electron chi connectivity index (χ0n) is 15.4. The Bertz CT molecular complexity index is 1490. The van der Waals surface area contributed by atoms with Crippen molar-refractivity contribution in [2.75, 3.05) is 0 Å². The van der Waals surface area contributed by atoms with Crippen molar-refractivity contribution in [3.8, 4) is 11.1 Å². The van der Waals surface area contributed by atoms with Crippen LogP contribution >= 0.6 is 0 Å². The lowest BCUT2D eigenvalue weighted by Crippen LogP contribution is -1.88. The van der Waals surface area contributed by atoms with Crippen LogP contribution in [0.4, 0.5) is 0 Å². The molecule has 0 fully saturated rings. The Labute approximate surface area is 163 Å². The lowest BCUT2D eigenvalue weighted by atomic mass is 9.87. The minimum Gasteiger partial charge on any atom is -0.0622 e. The van der Waals surface area contributed by atoms with E-state index in [1.807, 2.05) is 0 Å². The van der Waals surface area contributed by atoms with Gasteiger partial charge in [0.15, 0.2) is 0 Å². The van der Waals surface area contributed by atoms with E-state index in [0.29, 0.717) is 0 Å². The third kappa shape index (κ3) is 2.12. The maximum Gasteiger partial charge on any atom is -0.00199 e. The van der Waals surface area contributed by atoms with E-state index in [0.717, 1.165) is 0 Å². The monoisotopic (exact) mass is 354 g/mol. The van der Waals surface area contributed by atoms with Crippen molar-refractivity contribution in [1.82, 2.24) is 0 Å². The van der Waals surface area contributed by atoms with Crippen LogP contribution in [0, 0.1) is 0 Å². The van der Waals surface area contributed by atoms with Gasteiger partial charge in [0, 0.05) is 0 Å². The molecule has 0 saturated heterocycles. The SMILES string of the molecule is c1ccc(-c2cc3c4ccccc4c4ccccc4c3c3ccccc23)cc1. The molecular weight excluding hydrogens is 336 g/mol. The third-order valence-electron chi connectivity index (χ3n) is 5.83. The first-order valence-corrected chi connectivity index (χ1v) is 9.72. The molecule has 28 heavy (non-hydrogen) atoms. The van der Waals surface area contributed by atoms with Crippen molar-refractivity contribution in [1.29, 1.82) is 0 Å². The molecule has 0 nitrogen and oxygen atoms in total. The first kappa shape index (κ1) is 15.4. The van der Waals surface area contributed by atoms with E-state index in [4.69, 9.17) is 0 Å². The fourth-order valence-corrected chi connectivity index (χ4v) is 4.62. The maximum absolute atomic E-state index is 2.39. The molecule has 0 spiro atoms. The van der Waals surface area contributed by atoms with E-state index in [-0.39, 0.29) is 0 Å². The summed E-state index contributed by atoms with van der Waals surface area (Å²) in [6, 6.07) is 39.5. The summed E-state index contributed by atoms with van der Waals surface area (Å²) in [5, 5.41) is 10.6. The first-order chi connectivity index (χ1) is 13.9. The largest absolute Gasteiger partial charge is 0.0622 e. The van der Waals surface area contributed by atoms with Gasteiger partial charge in [-0.25, -0.2) is 0 Å². The van der Waals surface area contributed by atoms with Gasteiger partial charge in [0.1, 0.15) is 0 Å². The van der Waals surface area contributed by atoms with Gasteiger partial charge in [0.25, 0.3) is 0 Å². The average molecular weight is 354 g/mol. The standard InChI is InChI=1S/C28H18/c1-2-10-19(11-3-1)26-18-27-22-14-5-4-12-20(22)21-13-6-8-16-24(21)28(27)25-17-9-7-15-23(25)26/h1-18H. The summed E-state index contributed by atoms with van der Waals surface area (Å²) in [4.78, 5) is 0. The highest BCUT2D eigenvalue weighted by molar-refractivity contribution is 6.32. The summed E-state index contributed by atoms with van der Waals surface area (Å²) in [6.07, 6.45) is 0. The molecule has 0 aliphatic heterocycles. The summed E-state index contributed by atoms with van der Waals surface area (Å²) in [7, 11) is 0. The second-order valence-electron chi connectivity index (χ2n) is 7.35. The zero-order chi connectivity index (χ0) is 18.5. The van der Waals surface area contributed by atoms with Crippen molar-refractivity contribution in [2.24, 2.45) is 0 Å². The second kappa shape index (κ2) is 5.94. The molecule has 0 heteroatoms. The Hall–Kier alpha value is -3.64. The molecule has 0 atom stereocenters. The van der Waals surface area contributed by atoms with Crippen molar-refractivity contribution in [3.63, 3.8) is 0 Å². The van der Waals surface area contributed by atoms with Gasteiger partial charge in [0.2, 0.25) is 0 Å². The number of hydrogen-bond acceptors (Lipinski definition) is 0. The number of benzene rings is 6. The second-order valence-corrected chi connectivity index (χ2v) is 7.35. The normalized spacial score (nSPS) is 11.6. The predicted molar refractivity (Wildman–Crippen MR) is 122 cm³/mol. The van der Waals surface area contributed by atoms with E-state index in [2.05, 4.69) is 109 Å². The van der Waals surface area contributed by atoms with Gasteiger partial charge in [-0.3, -0.25) is 0 Å². The lowest BCUT2D eigenvalue weighted by Gasteiger charge is -2.16. The van der Waals surface area contributed by atoms with Gasteiger partial charge in [-0.1, -0.05) is 103 Å². The summed E-state index contributed by atoms with van der Waals surface area (Å²) in [5.74, 6) is 0. The van der Waals surface area contributed by atoms with Crippen molar-refractivity contribution in [2.45, 2.75) is 0 Å². The number of rotatable bonds is 1. The highest BCUT2D eigenvalue weighted by Gasteiger charge is 2.14. The van der Waals surface area contributed by atoms with Crippen LogP contribution in [-0.2, 0) is 0 Å². The summed E-state index contributed by atoms with van der Waals surface area (Å²) in [5.41, 5.74) is 2.56. The Kier molecular flexibility index (Phi) is 3.27. The molecule has 0 amide bonds. The molecule has 0 N–H and O–H groups in total. The van der Waals surface area contributed by atoms with Crippen LogP contribution in [-0.4, -0.2) is 0 Å². The highest BCUT2D eigenvalue weighted by atomic mass is 14.2. The summed E-state index contributed by atoms with van der Waals surface area (Å²) >= 11 is 0. The quantitative estimate of drug-likeness (QED) is 0.263. The van der Waals surface area contributed by atoms with Crippen LogP contribution in [0.1, 0.15) is 0 Å². The van der Waals surface area contributed by atoms with Crippen molar-refractivity contribution >= 4 is 43.1 Å². The molecule has 6 aromatic carbocycles. The van der Waals surface area contributed by atoms with Gasteiger partial charge in [-0.2, -0.15) is 0 Å². The van der Waals surface area contributed by atoms with Crippen LogP contribution in [0.25, 0.3) is 54.2 Å². The van der Waals surface area contributed by atoms with Crippen molar-refractivity contribution in [3.05, 3.63) is 109 Å². The summed E-state index contributed by atoms with van der Waals surface area (Å²) in [6.45, 7) is 0. The number of fused-ring (bicyclic) bond motifs is 8. The minimum absolute atomic E-state index is 1.26. The molecular formula is C28H18. The molecule has 0 saturated carbocycles. The topological polar surface area (TPSA) is 0 Å². The van der Waals surface area contributed by atoms with E-state index >= 15 is 0 Å². The first-order valence-electron chi connectivity index (χ1n) is 9.72. The Morgan fingerprint density at radius 3 is 1.39 bits per heavy atom. The predicted octanol–water partition coefficient (Wildman–Crippen LogP) is 7.97.